The van der Waals surface area contributed by atoms with E-state index in [0.29, 0.717) is 25.7 Å². The zero-order valence-corrected chi connectivity index (χ0v) is 65.7. The Kier molecular flexibility index (Phi) is 70.6. The van der Waals surface area contributed by atoms with Gasteiger partial charge in [-0.25, -0.2) is 9.13 Å². The van der Waals surface area contributed by atoms with Gasteiger partial charge in [-0.3, -0.25) is 37.3 Å². The lowest BCUT2D eigenvalue weighted by atomic mass is 10.0. The lowest BCUT2D eigenvalue weighted by Gasteiger charge is -2.21. The zero-order chi connectivity index (χ0) is 71.9. The highest BCUT2D eigenvalue weighted by Gasteiger charge is 2.30. The second kappa shape index (κ2) is 72.0. The van der Waals surface area contributed by atoms with E-state index >= 15 is 0 Å². The first-order chi connectivity index (χ1) is 47.5. The lowest BCUT2D eigenvalue weighted by Crippen LogP contribution is -2.30. The van der Waals surface area contributed by atoms with Crippen molar-refractivity contribution in [3.63, 3.8) is 0 Å². The predicted octanol–water partition coefficient (Wildman–Crippen LogP) is 23.6. The van der Waals surface area contributed by atoms with Crippen LogP contribution in [0.4, 0.5) is 0 Å². The molecule has 0 spiro atoms. The van der Waals surface area contributed by atoms with Crippen LogP contribution < -0.4 is 0 Å². The van der Waals surface area contributed by atoms with Gasteiger partial charge >= 0.3 is 39.5 Å². The Hall–Kier alpha value is -1.94. The molecule has 582 valence electrons. The summed E-state index contributed by atoms with van der Waals surface area (Å²) in [6.45, 7) is 7.30. The maximum absolute atomic E-state index is 13.1. The lowest BCUT2D eigenvalue weighted by molar-refractivity contribution is -0.161. The summed E-state index contributed by atoms with van der Waals surface area (Å²) < 4.78 is 68.5. The maximum Gasteiger partial charge on any atom is 0.472 e. The van der Waals surface area contributed by atoms with Crippen LogP contribution in [0.1, 0.15) is 420 Å². The van der Waals surface area contributed by atoms with Gasteiger partial charge in [0, 0.05) is 25.7 Å². The number of hydrogen-bond acceptors (Lipinski definition) is 15. The monoisotopic (exact) mass is 1440 g/mol. The summed E-state index contributed by atoms with van der Waals surface area (Å²) in [6, 6.07) is 0. The molecule has 0 aliphatic heterocycles. The number of unbranched alkanes of at least 4 members (excludes halogenated alkanes) is 51. The van der Waals surface area contributed by atoms with Gasteiger partial charge in [-0.2, -0.15) is 0 Å². The van der Waals surface area contributed by atoms with Crippen LogP contribution in [0.2, 0.25) is 0 Å². The highest BCUT2D eigenvalue weighted by atomic mass is 31.2. The molecule has 3 N–H and O–H groups in total. The van der Waals surface area contributed by atoms with Crippen LogP contribution in [0.15, 0.2) is 0 Å². The first-order valence-corrected chi connectivity index (χ1v) is 44.1. The SMILES string of the molecule is CCCCCCCCCCCCCCCCCCCCCCCC(=O)O[C@H](COC(=O)CCCCCCCCCCCCCCCCCC(C)C)COP(=O)(O)OC[C@@H](O)COP(=O)(O)OC[C@@H](COC(=O)CCCCCCCCC)OC(=O)CCCCCCCCCCCCCC. The molecule has 0 radical (unpaired) electrons. The molecular formula is C79H154O17P2. The van der Waals surface area contributed by atoms with Gasteiger partial charge in [-0.05, 0) is 31.6 Å². The molecule has 98 heavy (non-hydrogen) atoms. The van der Waals surface area contributed by atoms with E-state index in [9.17, 15) is 43.2 Å². The molecule has 0 aromatic carbocycles. The van der Waals surface area contributed by atoms with Crippen LogP contribution >= 0.6 is 15.6 Å². The minimum Gasteiger partial charge on any atom is -0.462 e. The molecule has 2 unspecified atom stereocenters. The van der Waals surface area contributed by atoms with E-state index in [1.165, 1.54) is 231 Å². The van der Waals surface area contributed by atoms with Crippen LogP contribution in [0, 0.1) is 5.92 Å². The minimum atomic E-state index is -4.96. The van der Waals surface area contributed by atoms with E-state index in [2.05, 4.69) is 34.6 Å². The van der Waals surface area contributed by atoms with Crippen LogP contribution in [0.5, 0.6) is 0 Å². The van der Waals surface area contributed by atoms with E-state index in [1.807, 2.05) is 0 Å². The zero-order valence-electron chi connectivity index (χ0n) is 63.9. The van der Waals surface area contributed by atoms with Crippen molar-refractivity contribution in [2.24, 2.45) is 5.92 Å². The highest BCUT2D eigenvalue weighted by Crippen LogP contribution is 2.45. The fourth-order valence-electron chi connectivity index (χ4n) is 12.2. The van der Waals surface area contributed by atoms with Gasteiger partial charge in [0.25, 0.3) is 0 Å². The van der Waals surface area contributed by atoms with Crippen molar-refractivity contribution in [3.8, 4) is 0 Å². The Morgan fingerprint density at radius 1 is 0.276 bits per heavy atom. The van der Waals surface area contributed by atoms with E-state index in [0.717, 1.165) is 109 Å². The van der Waals surface area contributed by atoms with E-state index < -0.39 is 97.5 Å². The molecule has 5 atom stereocenters. The Balaban J connectivity index is 5.16. The van der Waals surface area contributed by atoms with Gasteiger partial charge in [0.05, 0.1) is 26.4 Å². The third-order valence-electron chi connectivity index (χ3n) is 18.5. The third-order valence-corrected chi connectivity index (χ3v) is 20.4. The van der Waals surface area contributed by atoms with Gasteiger partial charge < -0.3 is 33.8 Å². The van der Waals surface area contributed by atoms with Crippen molar-refractivity contribution in [1.82, 2.24) is 0 Å². The summed E-state index contributed by atoms with van der Waals surface area (Å²) in [6.07, 6.45) is 62.7. The van der Waals surface area contributed by atoms with E-state index in [1.54, 1.807) is 0 Å². The van der Waals surface area contributed by atoms with Crippen LogP contribution in [0.3, 0.4) is 0 Å². The van der Waals surface area contributed by atoms with Gasteiger partial charge in [0.1, 0.15) is 19.3 Å². The van der Waals surface area contributed by atoms with Gasteiger partial charge in [0.2, 0.25) is 0 Å². The van der Waals surface area contributed by atoms with Crippen molar-refractivity contribution in [3.05, 3.63) is 0 Å². The van der Waals surface area contributed by atoms with Crippen LogP contribution in [-0.2, 0) is 65.4 Å². The average Bonchev–Trinajstić information content (AvgIpc) is 1.13. The number of phosphoric acid groups is 2. The topological polar surface area (TPSA) is 237 Å². The number of esters is 4. The summed E-state index contributed by atoms with van der Waals surface area (Å²) >= 11 is 0. The number of phosphoric ester groups is 2. The summed E-state index contributed by atoms with van der Waals surface area (Å²) in [4.78, 5) is 72.8. The number of aliphatic hydroxyl groups is 1. The molecular weight excluding hydrogens is 1280 g/mol. The van der Waals surface area contributed by atoms with Gasteiger partial charge in [-0.15, -0.1) is 0 Å². The van der Waals surface area contributed by atoms with Crippen molar-refractivity contribution in [2.75, 3.05) is 39.6 Å². The number of aliphatic hydroxyl groups excluding tert-OH is 1. The van der Waals surface area contributed by atoms with E-state index in [4.69, 9.17) is 37.0 Å². The number of rotatable bonds is 79. The van der Waals surface area contributed by atoms with Crippen LogP contribution in [-0.4, -0.2) is 96.7 Å². The molecule has 0 amide bonds. The molecule has 19 heteroatoms. The quantitative estimate of drug-likeness (QED) is 0.0222. The molecule has 0 aromatic heterocycles. The predicted molar refractivity (Wildman–Crippen MR) is 400 cm³/mol. The molecule has 0 bridgehead atoms. The molecule has 0 fully saturated rings. The minimum absolute atomic E-state index is 0.107. The molecule has 0 aliphatic carbocycles. The number of hydrogen-bond donors (Lipinski definition) is 3. The molecule has 0 rings (SSSR count). The smallest absolute Gasteiger partial charge is 0.462 e. The average molecular weight is 1440 g/mol. The van der Waals surface area contributed by atoms with Crippen molar-refractivity contribution < 1.29 is 80.2 Å². The van der Waals surface area contributed by atoms with Crippen molar-refractivity contribution in [2.45, 2.75) is 438 Å². The Labute approximate surface area is 600 Å². The first-order valence-electron chi connectivity index (χ1n) is 41.1. The second-order valence-corrected chi connectivity index (χ2v) is 31.8. The van der Waals surface area contributed by atoms with Crippen LogP contribution in [0.25, 0.3) is 0 Å². The first kappa shape index (κ1) is 96.1. The van der Waals surface area contributed by atoms with Gasteiger partial charge in [0.15, 0.2) is 12.2 Å². The summed E-state index contributed by atoms with van der Waals surface area (Å²) in [5.41, 5.74) is 0. The molecule has 17 nitrogen and oxygen atoms in total. The Bertz CT molecular complexity index is 1870. The van der Waals surface area contributed by atoms with Crippen molar-refractivity contribution in [1.29, 1.82) is 0 Å². The summed E-state index contributed by atoms with van der Waals surface area (Å²) in [7, 11) is -9.91. The Morgan fingerprint density at radius 3 is 0.694 bits per heavy atom. The number of carbonyl (C=O) groups excluding carboxylic acids is 4. The number of carbonyl (C=O) groups is 4. The summed E-state index contributed by atoms with van der Waals surface area (Å²) in [5.74, 6) is -1.31. The fraction of sp³-hybridized carbons (Fsp3) is 0.949. The standard InChI is InChI=1S/C79H154O17P2/c1-6-9-12-15-18-20-22-24-25-26-27-28-29-30-33-37-41-45-50-55-60-65-79(84)96-75(69-90-77(82)63-58-53-48-43-40-36-34-31-32-35-38-42-47-51-56-61-72(4)5)71-94-98(87,88)92-67-73(80)66-91-97(85,86)93-70-74(68-89-76(81)62-57-52-46-17-14-11-8-3)95-78(83)64-59-54-49-44-39-23-21-19-16-13-10-7-2/h72-75,80H,6-71H2,1-5H3,(H,85,86)(H,87,88)/t73-,74+,75+/m0/s1. The summed E-state index contributed by atoms with van der Waals surface area (Å²) in [5, 5.41) is 10.6. The molecule has 0 saturated heterocycles. The van der Waals surface area contributed by atoms with Gasteiger partial charge in [-0.1, -0.05) is 369 Å². The molecule has 0 aromatic rings. The normalized spacial score (nSPS) is 13.9. The number of ether oxygens (including phenoxy) is 4. The van der Waals surface area contributed by atoms with E-state index in [-0.39, 0.29) is 25.7 Å². The fourth-order valence-corrected chi connectivity index (χ4v) is 13.8. The second-order valence-electron chi connectivity index (χ2n) is 28.9. The van der Waals surface area contributed by atoms with Crippen molar-refractivity contribution >= 4 is 39.5 Å². The Morgan fingerprint density at radius 2 is 0.469 bits per heavy atom. The molecule has 0 heterocycles. The molecule has 0 aliphatic rings. The maximum atomic E-state index is 13.1. The largest absolute Gasteiger partial charge is 0.472 e. The molecule has 0 saturated carbocycles. The third kappa shape index (κ3) is 72.4. The highest BCUT2D eigenvalue weighted by molar-refractivity contribution is 7.47.